The van der Waals surface area contributed by atoms with Gasteiger partial charge in [-0.15, -0.1) is 0 Å². The van der Waals surface area contributed by atoms with E-state index in [1.807, 2.05) is 20.0 Å². The molecule has 10 heteroatoms. The molecule has 2 N–H and O–H groups in total. The van der Waals surface area contributed by atoms with Gasteiger partial charge in [-0.1, -0.05) is 6.07 Å². The molecule has 4 rings (SSSR count). The molecule has 0 unspecified atom stereocenters. The number of halogens is 3. The van der Waals surface area contributed by atoms with Crippen LogP contribution in [0.5, 0.6) is 5.75 Å². The van der Waals surface area contributed by atoms with Crippen LogP contribution in [-0.2, 0) is 6.18 Å². The van der Waals surface area contributed by atoms with Crippen LogP contribution in [0.2, 0.25) is 0 Å². The molecule has 0 bridgehead atoms. The van der Waals surface area contributed by atoms with Crippen LogP contribution in [0.3, 0.4) is 0 Å². The van der Waals surface area contributed by atoms with Crippen molar-refractivity contribution in [3.8, 4) is 5.75 Å². The largest absolute Gasteiger partial charge is 0.490 e. The van der Waals surface area contributed by atoms with Gasteiger partial charge in [0, 0.05) is 31.0 Å². The number of imidazole rings is 1. The number of rotatable bonds is 6. The minimum absolute atomic E-state index is 0.161. The first-order valence-electron chi connectivity index (χ1n) is 11.3. The fraction of sp³-hybridized carbons (Fsp3) is 0.458. The quantitative estimate of drug-likeness (QED) is 0.520. The van der Waals surface area contributed by atoms with Crippen molar-refractivity contribution in [3.05, 3.63) is 53.6 Å². The highest BCUT2D eigenvalue weighted by atomic mass is 19.4. The number of aromatic nitrogens is 3. The van der Waals surface area contributed by atoms with Gasteiger partial charge in [-0.3, -0.25) is 4.79 Å². The number of fused-ring (bicyclic) bond motifs is 1. The number of carbonyl (C=O) groups excluding carboxylic acids is 1. The van der Waals surface area contributed by atoms with Gasteiger partial charge in [0.2, 0.25) is 0 Å². The van der Waals surface area contributed by atoms with Gasteiger partial charge in [0.25, 0.3) is 5.91 Å². The third-order valence-corrected chi connectivity index (χ3v) is 5.99. The Morgan fingerprint density at radius 2 is 1.94 bits per heavy atom. The monoisotopic (exact) mass is 476 g/mol. The zero-order valence-electron chi connectivity index (χ0n) is 19.0. The Kier molecular flexibility index (Phi) is 6.79. The second-order valence-electron chi connectivity index (χ2n) is 8.91. The fourth-order valence-corrected chi connectivity index (χ4v) is 4.24. The molecular formula is C24H27F3N4O3. The first-order valence-corrected chi connectivity index (χ1v) is 11.3. The number of ether oxygens (including phenoxy) is 1. The van der Waals surface area contributed by atoms with Gasteiger partial charge in [-0.25, -0.2) is 9.97 Å². The smallest absolute Gasteiger partial charge is 0.433 e. The summed E-state index contributed by atoms with van der Waals surface area (Å²) in [5.41, 5.74) is 0.593. The fourth-order valence-electron chi connectivity index (χ4n) is 4.24. The van der Waals surface area contributed by atoms with Crippen molar-refractivity contribution < 1.29 is 27.8 Å². The Labute approximate surface area is 195 Å². The Morgan fingerprint density at radius 1 is 1.21 bits per heavy atom. The summed E-state index contributed by atoms with van der Waals surface area (Å²) < 4.78 is 46.5. The number of amides is 1. The van der Waals surface area contributed by atoms with E-state index in [2.05, 4.69) is 10.3 Å². The standard InChI is InChI=1S/C24H27F3N4O3/c1-14(2)34-19-10-22-28-18(16-8-6-15(13-32)7-9-16)12-31(22)11-17(19)23(33)30-21-5-3-4-20(29-21)24(25,26)27/h3-5,10-12,14-16,32H,6-9,13H2,1-2H3,(H,29,30,33). The van der Waals surface area contributed by atoms with Gasteiger partial charge in [-0.2, -0.15) is 13.2 Å². The van der Waals surface area contributed by atoms with E-state index < -0.39 is 17.8 Å². The summed E-state index contributed by atoms with van der Waals surface area (Å²) >= 11 is 0. The number of nitrogens with one attached hydrogen (secondary N) is 1. The number of pyridine rings is 2. The van der Waals surface area contributed by atoms with Gasteiger partial charge in [0.15, 0.2) is 0 Å². The normalized spacial score (nSPS) is 18.9. The summed E-state index contributed by atoms with van der Waals surface area (Å²) in [6, 6.07) is 4.99. The van der Waals surface area contributed by atoms with Crippen molar-refractivity contribution in [3.63, 3.8) is 0 Å². The molecule has 0 aromatic carbocycles. The number of hydrogen-bond acceptors (Lipinski definition) is 5. The third kappa shape index (κ3) is 5.32. The molecule has 3 aromatic heterocycles. The van der Waals surface area contributed by atoms with E-state index in [1.165, 1.54) is 12.1 Å². The highest BCUT2D eigenvalue weighted by Gasteiger charge is 2.32. The Bertz CT molecular complexity index is 1170. The maximum absolute atomic E-state index is 13.0. The number of aliphatic hydroxyl groups excluding tert-OH is 1. The predicted molar refractivity (Wildman–Crippen MR) is 120 cm³/mol. The van der Waals surface area contributed by atoms with Gasteiger partial charge >= 0.3 is 6.18 Å². The van der Waals surface area contributed by atoms with Crippen LogP contribution in [0.15, 0.2) is 36.7 Å². The van der Waals surface area contributed by atoms with E-state index in [0.29, 0.717) is 11.6 Å². The van der Waals surface area contributed by atoms with Crippen LogP contribution >= 0.6 is 0 Å². The number of carbonyl (C=O) groups is 1. The molecule has 3 aromatic rings. The molecule has 0 atom stereocenters. The van der Waals surface area contributed by atoms with Crippen molar-refractivity contribution >= 4 is 17.4 Å². The molecule has 0 radical (unpaired) electrons. The maximum atomic E-state index is 13.0. The van der Waals surface area contributed by atoms with Crippen LogP contribution < -0.4 is 10.1 Å². The zero-order chi connectivity index (χ0) is 24.5. The number of aliphatic hydroxyl groups is 1. The van der Waals surface area contributed by atoms with E-state index in [0.717, 1.165) is 37.4 Å². The summed E-state index contributed by atoms with van der Waals surface area (Å²) in [4.78, 5) is 21.3. The molecule has 7 nitrogen and oxygen atoms in total. The van der Waals surface area contributed by atoms with E-state index in [1.54, 1.807) is 16.7 Å². The zero-order valence-corrected chi connectivity index (χ0v) is 19.0. The molecule has 1 amide bonds. The number of alkyl halides is 3. The van der Waals surface area contributed by atoms with Crippen LogP contribution in [0.4, 0.5) is 19.0 Å². The Balaban J connectivity index is 1.63. The Hall–Kier alpha value is -3.14. The lowest BCUT2D eigenvalue weighted by Gasteiger charge is -2.25. The minimum Gasteiger partial charge on any atom is -0.490 e. The lowest BCUT2D eigenvalue weighted by atomic mass is 9.81. The summed E-state index contributed by atoms with van der Waals surface area (Å²) in [5.74, 6) is 0.0430. The average Bonchev–Trinajstić information content (AvgIpc) is 3.21. The highest BCUT2D eigenvalue weighted by molar-refractivity contribution is 6.05. The summed E-state index contributed by atoms with van der Waals surface area (Å²) in [7, 11) is 0. The van der Waals surface area contributed by atoms with Crippen molar-refractivity contribution in [2.75, 3.05) is 11.9 Å². The van der Waals surface area contributed by atoms with Crippen molar-refractivity contribution in [2.24, 2.45) is 5.92 Å². The summed E-state index contributed by atoms with van der Waals surface area (Å²) in [6.07, 6.45) is 2.34. The lowest BCUT2D eigenvalue weighted by Crippen LogP contribution is -2.18. The second kappa shape index (κ2) is 9.61. The van der Waals surface area contributed by atoms with Crippen LogP contribution in [0.25, 0.3) is 5.65 Å². The first-order chi connectivity index (χ1) is 16.1. The Morgan fingerprint density at radius 3 is 2.59 bits per heavy atom. The van der Waals surface area contributed by atoms with Crippen molar-refractivity contribution in [1.82, 2.24) is 14.4 Å². The van der Waals surface area contributed by atoms with E-state index >= 15 is 0 Å². The molecule has 0 aliphatic heterocycles. The van der Waals surface area contributed by atoms with Gasteiger partial charge in [0.1, 0.15) is 22.9 Å². The van der Waals surface area contributed by atoms with Gasteiger partial charge in [0.05, 0.1) is 17.4 Å². The molecule has 1 aliphatic rings. The second-order valence-corrected chi connectivity index (χ2v) is 8.91. The van der Waals surface area contributed by atoms with E-state index in [9.17, 15) is 23.1 Å². The van der Waals surface area contributed by atoms with Crippen LogP contribution in [-0.4, -0.2) is 38.1 Å². The van der Waals surface area contributed by atoms with Crippen LogP contribution in [0, 0.1) is 5.92 Å². The molecule has 1 saturated carbocycles. The molecule has 3 heterocycles. The van der Waals surface area contributed by atoms with E-state index in [-0.39, 0.29) is 35.8 Å². The van der Waals surface area contributed by atoms with E-state index in [4.69, 9.17) is 9.72 Å². The van der Waals surface area contributed by atoms with Crippen molar-refractivity contribution in [1.29, 1.82) is 0 Å². The maximum Gasteiger partial charge on any atom is 0.433 e. The lowest BCUT2D eigenvalue weighted by molar-refractivity contribution is -0.141. The number of anilines is 1. The highest BCUT2D eigenvalue weighted by Crippen LogP contribution is 2.36. The minimum atomic E-state index is -4.62. The molecular weight excluding hydrogens is 449 g/mol. The molecule has 34 heavy (non-hydrogen) atoms. The topological polar surface area (TPSA) is 88.8 Å². The molecule has 0 saturated heterocycles. The van der Waals surface area contributed by atoms with Crippen molar-refractivity contribution in [2.45, 2.75) is 57.7 Å². The predicted octanol–water partition coefficient (Wildman–Crippen LogP) is 5.05. The number of hydrogen-bond donors (Lipinski definition) is 2. The number of nitrogens with zero attached hydrogens (tertiary/aromatic N) is 3. The summed E-state index contributed by atoms with van der Waals surface area (Å²) in [5, 5.41) is 11.8. The average molecular weight is 476 g/mol. The van der Waals surface area contributed by atoms with Gasteiger partial charge in [-0.05, 0) is 57.6 Å². The summed E-state index contributed by atoms with van der Waals surface area (Å²) in [6.45, 7) is 3.83. The molecule has 182 valence electrons. The third-order valence-electron chi connectivity index (χ3n) is 5.99. The molecule has 1 aliphatic carbocycles. The van der Waals surface area contributed by atoms with Crippen LogP contribution in [0.1, 0.15) is 67.2 Å². The SMILES string of the molecule is CC(C)Oc1cc2nc(C3CCC(CO)CC3)cn2cc1C(=O)Nc1cccc(C(F)(F)F)n1. The molecule has 0 spiro atoms. The first kappa shape index (κ1) is 24.0. The van der Waals surface area contributed by atoms with Gasteiger partial charge < -0.3 is 19.6 Å². The molecule has 1 fully saturated rings.